The van der Waals surface area contributed by atoms with Crippen molar-refractivity contribution < 1.29 is 22.4 Å². The van der Waals surface area contributed by atoms with Gasteiger partial charge >= 0.3 is 0 Å². The number of Topliss-reactive ketones (excluding diaryl/α,β-unsaturated/α-hetero) is 1. The fraction of sp³-hybridized carbons (Fsp3) is 0.250. The van der Waals surface area contributed by atoms with Crippen LogP contribution in [-0.4, -0.2) is 20.8 Å². The van der Waals surface area contributed by atoms with Crippen LogP contribution in [0.2, 0.25) is 0 Å². The molecule has 7 heteroatoms. The molecule has 142 valence electrons. The molecule has 0 amide bonds. The number of sulfonamides is 1. The van der Waals surface area contributed by atoms with E-state index in [2.05, 4.69) is 4.72 Å². The summed E-state index contributed by atoms with van der Waals surface area (Å²) in [5, 5.41) is 0.841. The van der Waals surface area contributed by atoms with Gasteiger partial charge in [-0.1, -0.05) is 24.3 Å². The highest BCUT2D eigenvalue weighted by molar-refractivity contribution is 7.89. The second kappa shape index (κ2) is 7.54. The third-order valence-corrected chi connectivity index (χ3v) is 5.71. The number of benzene rings is 2. The van der Waals surface area contributed by atoms with Crippen LogP contribution in [0.15, 0.2) is 57.8 Å². The van der Waals surface area contributed by atoms with E-state index in [9.17, 15) is 13.2 Å². The van der Waals surface area contributed by atoms with Crippen LogP contribution >= 0.6 is 0 Å². The molecule has 0 saturated carbocycles. The minimum Gasteiger partial charge on any atom is -0.490 e. The zero-order valence-corrected chi connectivity index (χ0v) is 16.2. The predicted molar refractivity (Wildman–Crippen MR) is 103 cm³/mol. The van der Waals surface area contributed by atoms with E-state index in [1.54, 1.807) is 13.0 Å². The predicted octanol–water partition coefficient (Wildman–Crippen LogP) is 4.07. The molecular formula is C20H21NO5S. The Hall–Kier alpha value is -2.64. The number of carbonyl (C=O) groups is 1. The topological polar surface area (TPSA) is 85.6 Å². The average Bonchev–Trinajstić information content (AvgIpc) is 3.07. The maximum Gasteiger partial charge on any atom is 0.241 e. The summed E-state index contributed by atoms with van der Waals surface area (Å²) in [6, 6.07) is 12.6. The summed E-state index contributed by atoms with van der Waals surface area (Å²) in [5.41, 5.74) is 1.05. The third kappa shape index (κ3) is 4.04. The van der Waals surface area contributed by atoms with Gasteiger partial charge in [0.2, 0.25) is 10.0 Å². The van der Waals surface area contributed by atoms with Crippen LogP contribution in [0.4, 0.5) is 0 Å². The highest BCUT2D eigenvalue weighted by atomic mass is 32.2. The molecule has 3 rings (SSSR count). The first-order chi connectivity index (χ1) is 12.8. The second-order valence-corrected chi connectivity index (χ2v) is 7.89. The van der Waals surface area contributed by atoms with E-state index < -0.39 is 16.1 Å². The smallest absolute Gasteiger partial charge is 0.241 e. The fourth-order valence-corrected chi connectivity index (χ4v) is 3.98. The van der Waals surface area contributed by atoms with E-state index >= 15 is 0 Å². The van der Waals surface area contributed by atoms with Crippen LogP contribution in [0, 0.1) is 0 Å². The summed E-state index contributed by atoms with van der Waals surface area (Å²) in [6.45, 7) is 5.53. The molecule has 0 aliphatic heterocycles. The highest BCUT2D eigenvalue weighted by Crippen LogP contribution is 2.31. The Labute approximate surface area is 158 Å². The maximum absolute atomic E-state index is 12.6. The van der Waals surface area contributed by atoms with Gasteiger partial charge in [0.1, 0.15) is 5.76 Å². The van der Waals surface area contributed by atoms with Gasteiger partial charge in [-0.2, -0.15) is 0 Å². The number of nitrogens with one attached hydrogen (secondary N) is 1. The van der Waals surface area contributed by atoms with E-state index in [0.29, 0.717) is 29.3 Å². The van der Waals surface area contributed by atoms with Crippen molar-refractivity contribution in [2.75, 3.05) is 6.61 Å². The van der Waals surface area contributed by atoms with Gasteiger partial charge in [-0.25, -0.2) is 13.1 Å². The molecule has 3 aromatic rings. The van der Waals surface area contributed by atoms with Crippen molar-refractivity contribution >= 4 is 26.8 Å². The van der Waals surface area contributed by atoms with Gasteiger partial charge in [0.25, 0.3) is 0 Å². The monoisotopic (exact) mass is 387 g/mol. The quantitative estimate of drug-likeness (QED) is 0.618. The first-order valence-electron chi connectivity index (χ1n) is 8.60. The van der Waals surface area contributed by atoms with Crippen molar-refractivity contribution in [2.45, 2.75) is 31.7 Å². The molecule has 6 nitrogen and oxygen atoms in total. The fourth-order valence-electron chi connectivity index (χ4n) is 2.77. The van der Waals surface area contributed by atoms with Gasteiger partial charge in [-0.05, 0) is 45.0 Å². The Morgan fingerprint density at radius 3 is 2.52 bits per heavy atom. The Bertz CT molecular complexity index is 1070. The maximum atomic E-state index is 12.6. The summed E-state index contributed by atoms with van der Waals surface area (Å²) in [5.74, 6) is 0.991. The Morgan fingerprint density at radius 1 is 1.19 bits per heavy atom. The highest BCUT2D eigenvalue weighted by Gasteiger charge is 2.21. The second-order valence-electron chi connectivity index (χ2n) is 6.18. The summed E-state index contributed by atoms with van der Waals surface area (Å²) in [6.07, 6.45) is 0. The summed E-state index contributed by atoms with van der Waals surface area (Å²) in [7, 11) is -3.76. The molecule has 1 heterocycles. The number of rotatable bonds is 7. The Balaban J connectivity index is 1.85. The van der Waals surface area contributed by atoms with E-state index in [1.165, 1.54) is 31.2 Å². The standard InChI is InChI=1S/C20H21NO5S/c1-4-25-18-7-5-6-16-12-19(26-20(16)18)13(2)21-27(23,24)17-10-8-15(9-11-17)14(3)22/h5-13,21H,4H2,1-3H3/t13-/m0/s1. The number of furan rings is 1. The first-order valence-corrected chi connectivity index (χ1v) is 10.1. The minimum atomic E-state index is -3.76. The van der Waals surface area contributed by atoms with Gasteiger partial charge in [0.05, 0.1) is 17.5 Å². The zero-order chi connectivity index (χ0) is 19.6. The molecule has 1 N–H and O–H groups in total. The number of hydrogen-bond donors (Lipinski definition) is 1. The van der Waals surface area contributed by atoms with Gasteiger partial charge < -0.3 is 9.15 Å². The van der Waals surface area contributed by atoms with Crippen LogP contribution < -0.4 is 9.46 Å². The Morgan fingerprint density at radius 2 is 1.89 bits per heavy atom. The molecule has 0 spiro atoms. The largest absolute Gasteiger partial charge is 0.490 e. The molecule has 0 radical (unpaired) electrons. The van der Waals surface area contributed by atoms with Crippen molar-refractivity contribution in [2.24, 2.45) is 0 Å². The van der Waals surface area contributed by atoms with Gasteiger partial charge in [-0.15, -0.1) is 0 Å². The lowest BCUT2D eigenvalue weighted by Gasteiger charge is -2.12. The molecule has 0 saturated heterocycles. The first kappa shape index (κ1) is 19.1. The number of carbonyl (C=O) groups excluding carboxylic acids is 1. The van der Waals surface area contributed by atoms with Crippen molar-refractivity contribution in [3.63, 3.8) is 0 Å². The number of para-hydroxylation sites is 1. The molecule has 0 bridgehead atoms. The third-order valence-electron chi connectivity index (χ3n) is 4.16. The van der Waals surface area contributed by atoms with Gasteiger partial charge in [0, 0.05) is 10.9 Å². The molecule has 0 aliphatic rings. The SMILES string of the molecule is CCOc1cccc2cc([C@H](C)NS(=O)(=O)c3ccc(C(C)=O)cc3)oc12. The molecular weight excluding hydrogens is 366 g/mol. The molecule has 2 aromatic carbocycles. The van der Waals surface area contributed by atoms with Gasteiger partial charge in [0.15, 0.2) is 17.1 Å². The molecule has 0 fully saturated rings. The molecule has 27 heavy (non-hydrogen) atoms. The number of ketones is 1. The number of ether oxygens (including phenoxy) is 1. The van der Waals surface area contributed by atoms with E-state index in [0.717, 1.165) is 5.39 Å². The van der Waals surface area contributed by atoms with Crippen LogP contribution in [0.5, 0.6) is 5.75 Å². The minimum absolute atomic E-state index is 0.0884. The lowest BCUT2D eigenvalue weighted by atomic mass is 10.2. The van der Waals surface area contributed by atoms with Crippen LogP contribution in [0.25, 0.3) is 11.0 Å². The summed E-state index contributed by atoms with van der Waals surface area (Å²) < 4.78 is 39.2. The summed E-state index contributed by atoms with van der Waals surface area (Å²) >= 11 is 0. The molecule has 1 aromatic heterocycles. The van der Waals surface area contributed by atoms with Crippen molar-refractivity contribution in [3.05, 3.63) is 59.9 Å². The molecule has 0 unspecified atom stereocenters. The van der Waals surface area contributed by atoms with Crippen LogP contribution in [-0.2, 0) is 10.0 Å². The van der Waals surface area contributed by atoms with Crippen molar-refractivity contribution in [1.29, 1.82) is 0 Å². The van der Waals surface area contributed by atoms with E-state index in [1.807, 2.05) is 25.1 Å². The van der Waals surface area contributed by atoms with Crippen molar-refractivity contribution in [1.82, 2.24) is 4.72 Å². The van der Waals surface area contributed by atoms with Crippen LogP contribution in [0.3, 0.4) is 0 Å². The number of fused-ring (bicyclic) bond motifs is 1. The average molecular weight is 387 g/mol. The Kier molecular flexibility index (Phi) is 5.34. The normalized spacial score (nSPS) is 12.9. The van der Waals surface area contributed by atoms with Gasteiger partial charge in [-0.3, -0.25) is 4.79 Å². The molecule has 0 aliphatic carbocycles. The zero-order valence-electron chi connectivity index (χ0n) is 15.4. The lowest BCUT2D eigenvalue weighted by molar-refractivity contribution is 0.101. The van der Waals surface area contributed by atoms with Crippen LogP contribution in [0.1, 0.15) is 42.9 Å². The van der Waals surface area contributed by atoms with E-state index in [-0.39, 0.29) is 10.7 Å². The van der Waals surface area contributed by atoms with Crippen molar-refractivity contribution in [3.8, 4) is 5.75 Å². The summed E-state index contributed by atoms with van der Waals surface area (Å²) in [4.78, 5) is 11.4. The molecule has 1 atom stereocenters. The van der Waals surface area contributed by atoms with E-state index in [4.69, 9.17) is 9.15 Å². The number of hydrogen-bond acceptors (Lipinski definition) is 5. The lowest BCUT2D eigenvalue weighted by Crippen LogP contribution is -2.26.